The van der Waals surface area contributed by atoms with E-state index in [0.717, 1.165) is 103 Å². The lowest BCUT2D eigenvalue weighted by Crippen LogP contribution is -2.50. The van der Waals surface area contributed by atoms with Crippen molar-refractivity contribution in [2.45, 2.75) is 148 Å². The number of rotatable bonds is 35. The number of esters is 2. The molecule has 0 heterocycles. The maximum atomic E-state index is 12.7. The molecule has 0 saturated carbocycles. The Balaban J connectivity index is 4.49. The van der Waals surface area contributed by atoms with Crippen molar-refractivity contribution < 1.29 is 38.2 Å². The van der Waals surface area contributed by atoms with Crippen LogP contribution in [0.25, 0.3) is 0 Å². The summed E-state index contributed by atoms with van der Waals surface area (Å²) in [4.78, 5) is 36.9. The molecule has 0 bridgehead atoms. The van der Waals surface area contributed by atoms with Crippen LogP contribution in [0.15, 0.2) is 85.1 Å². The summed E-state index contributed by atoms with van der Waals surface area (Å²) in [7, 11) is 5.49. The molecule has 0 rings (SSSR count). The highest BCUT2D eigenvalue weighted by atomic mass is 16.6. The Morgan fingerprint density at radius 3 is 1.44 bits per heavy atom. The van der Waals surface area contributed by atoms with Crippen molar-refractivity contribution in [1.29, 1.82) is 0 Å². The lowest BCUT2D eigenvalue weighted by molar-refractivity contribution is -0.887. The zero-order valence-corrected chi connectivity index (χ0v) is 34.6. The maximum absolute atomic E-state index is 12.7. The van der Waals surface area contributed by atoms with Crippen molar-refractivity contribution in [3.63, 3.8) is 0 Å². The summed E-state index contributed by atoms with van der Waals surface area (Å²) < 4.78 is 17.2. The van der Waals surface area contributed by atoms with E-state index in [1.807, 2.05) is 21.1 Å². The van der Waals surface area contributed by atoms with Crippen LogP contribution in [0.4, 0.5) is 0 Å². The molecule has 2 unspecified atom stereocenters. The van der Waals surface area contributed by atoms with Crippen molar-refractivity contribution >= 4 is 17.9 Å². The smallest absolute Gasteiger partial charge is 0.362 e. The Labute approximate surface area is 329 Å². The average molecular weight is 755 g/mol. The summed E-state index contributed by atoms with van der Waals surface area (Å²) in [5.74, 6) is -1.55. The second-order valence-electron chi connectivity index (χ2n) is 14.5. The standard InChI is InChI=1S/C46H75NO7/c1-6-8-10-12-14-16-18-20-21-22-23-25-27-29-31-33-35-37-45(49)54-42(40-52-39-38-43(46(50)51)47(3,4)5)41-53-44(48)36-34-32-30-28-26-24-19-17-15-13-11-9-7-2/h8-11,14-17,20-21,23-26,42-43H,6-7,12-13,18-19,22,27-41H2,1-5H3/p+1/b10-8-,11-9-,16-14-,17-15-,21-20-,25-23-,26-24-. The van der Waals surface area contributed by atoms with E-state index < -0.39 is 18.1 Å². The predicted octanol–water partition coefficient (Wildman–Crippen LogP) is 11.0. The minimum absolute atomic E-state index is 0.0360. The van der Waals surface area contributed by atoms with Crippen LogP contribution >= 0.6 is 0 Å². The fourth-order valence-electron chi connectivity index (χ4n) is 5.39. The van der Waals surface area contributed by atoms with Gasteiger partial charge in [-0.25, -0.2) is 4.79 Å². The largest absolute Gasteiger partial charge is 0.477 e. The molecule has 8 nitrogen and oxygen atoms in total. The number of hydrogen-bond donors (Lipinski definition) is 1. The topological polar surface area (TPSA) is 99.1 Å². The number of allylic oxidation sites excluding steroid dienone is 14. The second-order valence-corrected chi connectivity index (χ2v) is 14.5. The first-order valence-electron chi connectivity index (χ1n) is 20.6. The fraction of sp³-hybridized carbons (Fsp3) is 0.630. The first-order chi connectivity index (χ1) is 26.1. The summed E-state index contributed by atoms with van der Waals surface area (Å²) >= 11 is 0. The molecule has 2 atom stereocenters. The van der Waals surface area contributed by atoms with E-state index >= 15 is 0 Å². The Kier molecular flexibility index (Phi) is 34.1. The van der Waals surface area contributed by atoms with Crippen molar-refractivity contribution in [3.05, 3.63) is 85.1 Å². The first-order valence-corrected chi connectivity index (χ1v) is 20.6. The van der Waals surface area contributed by atoms with Gasteiger partial charge in [-0.2, -0.15) is 0 Å². The van der Waals surface area contributed by atoms with Crippen LogP contribution in [0.2, 0.25) is 0 Å². The number of carbonyl (C=O) groups is 3. The van der Waals surface area contributed by atoms with Gasteiger partial charge in [0.2, 0.25) is 0 Å². The van der Waals surface area contributed by atoms with Gasteiger partial charge >= 0.3 is 17.9 Å². The number of carboxylic acid groups (broad SMARTS) is 1. The van der Waals surface area contributed by atoms with E-state index in [1.54, 1.807) is 0 Å². The minimum atomic E-state index is -0.888. The number of carbonyl (C=O) groups excluding carboxylic acids is 2. The van der Waals surface area contributed by atoms with Gasteiger partial charge < -0.3 is 23.8 Å². The van der Waals surface area contributed by atoms with E-state index in [4.69, 9.17) is 14.2 Å². The third-order valence-corrected chi connectivity index (χ3v) is 8.54. The number of ether oxygens (including phenoxy) is 3. The SMILES string of the molecule is CC/C=C\C/C=C\C/C=C\C/C=C\CCCCCCC(=O)OC(COCCC(C(=O)O)[N+](C)(C)C)COC(=O)CCCCC/C=C\C/C=C\C/C=C\CC. The van der Waals surface area contributed by atoms with Crippen LogP contribution in [0.1, 0.15) is 136 Å². The molecule has 0 aliphatic heterocycles. The molecule has 0 fully saturated rings. The third kappa shape index (κ3) is 34.3. The lowest BCUT2D eigenvalue weighted by Gasteiger charge is -2.31. The summed E-state index contributed by atoms with van der Waals surface area (Å²) in [6, 6.07) is -0.628. The molecular weight excluding hydrogens is 679 g/mol. The molecule has 0 radical (unpaired) electrons. The zero-order valence-electron chi connectivity index (χ0n) is 34.6. The molecular formula is C46H76NO7+. The van der Waals surface area contributed by atoms with E-state index in [1.165, 1.54) is 0 Å². The van der Waals surface area contributed by atoms with Crippen LogP contribution in [0.5, 0.6) is 0 Å². The van der Waals surface area contributed by atoms with E-state index in [0.29, 0.717) is 12.8 Å². The number of hydrogen-bond acceptors (Lipinski definition) is 6. The van der Waals surface area contributed by atoms with Gasteiger partial charge in [0.25, 0.3) is 0 Å². The van der Waals surface area contributed by atoms with Gasteiger partial charge in [-0.15, -0.1) is 0 Å². The Bertz CT molecular complexity index is 1160. The Morgan fingerprint density at radius 1 is 0.556 bits per heavy atom. The molecule has 1 N–H and O–H groups in total. The number of aliphatic carboxylic acids is 1. The predicted molar refractivity (Wildman–Crippen MR) is 224 cm³/mol. The molecule has 0 aromatic rings. The van der Waals surface area contributed by atoms with Crippen LogP contribution < -0.4 is 0 Å². The van der Waals surface area contributed by atoms with Crippen molar-refractivity contribution in [2.75, 3.05) is 41.0 Å². The molecule has 0 amide bonds. The number of likely N-dealkylation sites (N-methyl/N-ethyl adjacent to an activating group) is 1. The zero-order chi connectivity index (χ0) is 40.0. The van der Waals surface area contributed by atoms with Crippen LogP contribution in [0, 0.1) is 0 Å². The van der Waals surface area contributed by atoms with Crippen molar-refractivity contribution in [2.24, 2.45) is 0 Å². The van der Waals surface area contributed by atoms with Gasteiger partial charge in [-0.05, 0) is 83.5 Å². The second kappa shape index (κ2) is 36.5. The summed E-state index contributed by atoms with van der Waals surface area (Å²) in [5.41, 5.74) is 0. The minimum Gasteiger partial charge on any atom is -0.477 e. The highest BCUT2D eigenvalue weighted by Crippen LogP contribution is 2.12. The molecule has 0 aliphatic carbocycles. The van der Waals surface area contributed by atoms with Crippen LogP contribution in [0.3, 0.4) is 0 Å². The molecule has 54 heavy (non-hydrogen) atoms. The molecule has 8 heteroatoms. The van der Waals surface area contributed by atoms with Gasteiger partial charge in [-0.1, -0.05) is 118 Å². The van der Waals surface area contributed by atoms with Crippen molar-refractivity contribution in [1.82, 2.24) is 0 Å². The maximum Gasteiger partial charge on any atom is 0.362 e. The highest BCUT2D eigenvalue weighted by Gasteiger charge is 2.31. The lowest BCUT2D eigenvalue weighted by atomic mass is 10.1. The number of quaternary nitrogens is 1. The fourth-order valence-corrected chi connectivity index (χ4v) is 5.39. The summed E-state index contributed by atoms with van der Waals surface area (Å²) in [5, 5.41) is 9.60. The van der Waals surface area contributed by atoms with Gasteiger partial charge in [0, 0.05) is 19.3 Å². The van der Waals surface area contributed by atoms with Crippen LogP contribution in [-0.2, 0) is 28.6 Å². The monoisotopic (exact) mass is 755 g/mol. The quantitative estimate of drug-likeness (QED) is 0.0298. The molecule has 0 saturated heterocycles. The third-order valence-electron chi connectivity index (χ3n) is 8.54. The summed E-state index contributed by atoms with van der Waals surface area (Å²) in [6.07, 6.45) is 46.3. The molecule has 0 spiro atoms. The number of nitrogens with zero attached hydrogens (tertiary/aromatic N) is 1. The van der Waals surface area contributed by atoms with Gasteiger partial charge in [-0.3, -0.25) is 9.59 Å². The van der Waals surface area contributed by atoms with Gasteiger partial charge in [0.15, 0.2) is 12.1 Å². The number of carboxylic acids is 1. The highest BCUT2D eigenvalue weighted by molar-refractivity contribution is 5.72. The molecule has 0 aromatic carbocycles. The van der Waals surface area contributed by atoms with E-state index in [2.05, 4.69) is 98.9 Å². The van der Waals surface area contributed by atoms with E-state index in [-0.39, 0.29) is 42.7 Å². The Morgan fingerprint density at radius 2 is 0.981 bits per heavy atom. The normalized spacial score (nSPS) is 13.9. The average Bonchev–Trinajstić information content (AvgIpc) is 3.12. The van der Waals surface area contributed by atoms with Crippen molar-refractivity contribution in [3.8, 4) is 0 Å². The molecule has 0 aliphatic rings. The van der Waals surface area contributed by atoms with Crippen LogP contribution in [-0.4, -0.2) is 80.6 Å². The van der Waals surface area contributed by atoms with Gasteiger partial charge in [0.05, 0.1) is 34.4 Å². The Hall–Kier alpha value is -3.49. The molecule has 306 valence electrons. The van der Waals surface area contributed by atoms with Gasteiger partial charge in [0.1, 0.15) is 6.61 Å². The number of unbranched alkanes of at least 4 members (excludes halogenated alkanes) is 7. The van der Waals surface area contributed by atoms with E-state index in [9.17, 15) is 19.5 Å². The molecule has 0 aromatic heterocycles. The summed E-state index contributed by atoms with van der Waals surface area (Å²) in [6.45, 7) is 4.42. The first kappa shape index (κ1) is 50.5.